The number of carbonyl (C=O) groups is 1. The van der Waals surface area contributed by atoms with Gasteiger partial charge in [-0.2, -0.15) is 0 Å². The lowest BCUT2D eigenvalue weighted by atomic mass is 10.1. The second kappa shape index (κ2) is 7.06. The number of nitrogens with zero attached hydrogens (tertiary/aromatic N) is 2. The van der Waals surface area contributed by atoms with E-state index in [0.717, 1.165) is 19.0 Å². The summed E-state index contributed by atoms with van der Waals surface area (Å²) in [6.07, 6.45) is 4.13. The molecule has 0 aliphatic carbocycles. The Kier molecular flexibility index (Phi) is 5.71. The fraction of sp³-hybridized carbons (Fsp3) is 0.538. The number of hydrogen-bond donors (Lipinski definition) is 1. The molecule has 4 nitrogen and oxygen atoms in total. The van der Waals surface area contributed by atoms with Gasteiger partial charge in [0.25, 0.3) is 5.91 Å². The zero-order valence-corrected chi connectivity index (χ0v) is 10.9. The van der Waals surface area contributed by atoms with Crippen molar-refractivity contribution in [1.29, 1.82) is 0 Å². The molecule has 0 bridgehead atoms. The summed E-state index contributed by atoms with van der Waals surface area (Å²) in [5.41, 5.74) is 5.59. The Hall–Kier alpha value is -1.49. The van der Waals surface area contributed by atoms with Crippen molar-refractivity contribution >= 4 is 5.91 Å². The molecule has 5 heteroatoms. The van der Waals surface area contributed by atoms with Gasteiger partial charge in [-0.05, 0) is 18.9 Å². The van der Waals surface area contributed by atoms with Gasteiger partial charge in [0.2, 0.25) is 0 Å². The van der Waals surface area contributed by atoms with Gasteiger partial charge in [0.05, 0.1) is 11.8 Å². The molecule has 0 fully saturated rings. The zero-order chi connectivity index (χ0) is 13.5. The first kappa shape index (κ1) is 14.6. The minimum absolute atomic E-state index is 0.0605. The van der Waals surface area contributed by atoms with Crippen molar-refractivity contribution in [2.24, 2.45) is 5.73 Å². The lowest BCUT2D eigenvalue weighted by Gasteiger charge is -2.30. The smallest absolute Gasteiger partial charge is 0.257 e. The molecule has 0 saturated heterocycles. The average molecular weight is 253 g/mol. The molecule has 18 heavy (non-hydrogen) atoms. The Morgan fingerprint density at radius 1 is 1.50 bits per heavy atom. The Labute approximate surface area is 107 Å². The van der Waals surface area contributed by atoms with Gasteiger partial charge in [-0.1, -0.05) is 13.8 Å². The molecule has 0 aliphatic heterocycles. The summed E-state index contributed by atoms with van der Waals surface area (Å²) in [5, 5.41) is 0. The molecular weight excluding hydrogens is 233 g/mol. The van der Waals surface area contributed by atoms with Crippen LogP contribution in [0.2, 0.25) is 0 Å². The number of hydrogen-bond acceptors (Lipinski definition) is 3. The summed E-state index contributed by atoms with van der Waals surface area (Å²) < 4.78 is 13.6. The van der Waals surface area contributed by atoms with Crippen LogP contribution in [0.4, 0.5) is 4.39 Å². The number of carbonyl (C=O) groups excluding carboxylic acids is 1. The van der Waals surface area contributed by atoms with Crippen LogP contribution in [0.3, 0.4) is 0 Å². The Morgan fingerprint density at radius 3 is 2.67 bits per heavy atom. The molecular formula is C13H20FN3O. The first-order valence-electron chi connectivity index (χ1n) is 6.26. The summed E-state index contributed by atoms with van der Waals surface area (Å²) in [6.45, 7) is 4.82. The standard InChI is InChI=1S/C13H20FN3O/c1-3-10(4-2)17(8-6-15)13(18)11-5-7-16-9-12(11)14/h5,7,9-10H,3-4,6,8,15H2,1-2H3. The molecule has 100 valence electrons. The topological polar surface area (TPSA) is 59.2 Å². The molecule has 2 N–H and O–H groups in total. The van der Waals surface area contributed by atoms with E-state index in [1.54, 1.807) is 4.90 Å². The minimum atomic E-state index is -0.588. The predicted molar refractivity (Wildman–Crippen MR) is 68.7 cm³/mol. The van der Waals surface area contributed by atoms with Gasteiger partial charge in [-0.25, -0.2) is 4.39 Å². The van der Waals surface area contributed by atoms with Crippen LogP contribution in [0.15, 0.2) is 18.5 Å². The fourth-order valence-corrected chi connectivity index (χ4v) is 2.02. The maximum absolute atomic E-state index is 13.6. The Morgan fingerprint density at radius 2 is 2.17 bits per heavy atom. The number of amides is 1. The first-order valence-corrected chi connectivity index (χ1v) is 6.26. The van der Waals surface area contributed by atoms with Crippen molar-refractivity contribution < 1.29 is 9.18 Å². The molecule has 1 amide bonds. The van der Waals surface area contributed by atoms with Gasteiger partial charge in [0.15, 0.2) is 5.82 Å². The molecule has 0 atom stereocenters. The molecule has 0 saturated carbocycles. The third kappa shape index (κ3) is 3.26. The Bertz CT molecular complexity index is 394. The average Bonchev–Trinajstić information content (AvgIpc) is 2.39. The summed E-state index contributed by atoms with van der Waals surface area (Å²) in [5.74, 6) is -0.899. The summed E-state index contributed by atoms with van der Waals surface area (Å²) in [7, 11) is 0. The van der Waals surface area contributed by atoms with Gasteiger partial charge in [-0.15, -0.1) is 0 Å². The molecule has 0 unspecified atom stereocenters. The van der Waals surface area contributed by atoms with Crippen molar-refractivity contribution in [2.45, 2.75) is 32.7 Å². The van der Waals surface area contributed by atoms with E-state index in [9.17, 15) is 9.18 Å². The Balaban J connectivity index is 2.99. The highest BCUT2D eigenvalue weighted by molar-refractivity contribution is 5.94. The van der Waals surface area contributed by atoms with Crippen LogP contribution < -0.4 is 5.73 Å². The van der Waals surface area contributed by atoms with Crippen molar-refractivity contribution in [2.75, 3.05) is 13.1 Å². The summed E-state index contributed by atoms with van der Waals surface area (Å²) in [4.78, 5) is 17.6. The van der Waals surface area contributed by atoms with Gasteiger partial charge in [0.1, 0.15) is 0 Å². The quantitative estimate of drug-likeness (QED) is 0.841. The molecule has 1 heterocycles. The van der Waals surface area contributed by atoms with Crippen LogP contribution in [-0.2, 0) is 0 Å². The molecule has 1 aromatic heterocycles. The second-order valence-electron chi connectivity index (χ2n) is 4.11. The third-order valence-electron chi connectivity index (χ3n) is 3.02. The minimum Gasteiger partial charge on any atom is -0.334 e. The van der Waals surface area contributed by atoms with Gasteiger partial charge >= 0.3 is 0 Å². The summed E-state index contributed by atoms with van der Waals surface area (Å²) in [6, 6.07) is 1.50. The molecule has 0 spiro atoms. The molecule has 0 aromatic carbocycles. The predicted octanol–water partition coefficient (Wildman–Crippen LogP) is 1.81. The fourth-order valence-electron chi connectivity index (χ4n) is 2.02. The lowest BCUT2D eigenvalue weighted by molar-refractivity contribution is 0.0669. The van der Waals surface area contributed by atoms with Crippen LogP contribution >= 0.6 is 0 Å². The number of pyridine rings is 1. The summed E-state index contributed by atoms with van der Waals surface area (Å²) >= 11 is 0. The maximum Gasteiger partial charge on any atom is 0.257 e. The zero-order valence-electron chi connectivity index (χ0n) is 10.9. The van der Waals surface area contributed by atoms with Crippen molar-refractivity contribution in [3.63, 3.8) is 0 Å². The van der Waals surface area contributed by atoms with Gasteiger partial charge in [0, 0.05) is 25.3 Å². The monoisotopic (exact) mass is 253 g/mol. The van der Waals surface area contributed by atoms with Crippen LogP contribution in [0.5, 0.6) is 0 Å². The normalized spacial score (nSPS) is 10.7. The van der Waals surface area contributed by atoms with Crippen LogP contribution in [0.25, 0.3) is 0 Å². The van der Waals surface area contributed by atoms with E-state index in [1.807, 2.05) is 13.8 Å². The first-order chi connectivity index (χ1) is 8.65. The SMILES string of the molecule is CCC(CC)N(CCN)C(=O)c1ccncc1F. The number of aromatic nitrogens is 1. The van der Waals surface area contributed by atoms with E-state index in [2.05, 4.69) is 4.98 Å². The molecule has 1 rings (SSSR count). The number of nitrogens with two attached hydrogens (primary N) is 1. The van der Waals surface area contributed by atoms with Crippen molar-refractivity contribution in [3.8, 4) is 0 Å². The highest BCUT2D eigenvalue weighted by Gasteiger charge is 2.23. The molecule has 0 aliphatic rings. The van der Waals surface area contributed by atoms with Gasteiger partial charge < -0.3 is 10.6 Å². The van der Waals surface area contributed by atoms with E-state index in [-0.39, 0.29) is 17.5 Å². The van der Waals surface area contributed by atoms with Crippen molar-refractivity contribution in [3.05, 3.63) is 29.8 Å². The van der Waals surface area contributed by atoms with E-state index in [4.69, 9.17) is 5.73 Å². The highest BCUT2D eigenvalue weighted by Crippen LogP contribution is 2.14. The number of halogens is 1. The van der Waals surface area contributed by atoms with E-state index < -0.39 is 5.82 Å². The third-order valence-corrected chi connectivity index (χ3v) is 3.02. The maximum atomic E-state index is 13.6. The molecule has 1 aromatic rings. The van der Waals surface area contributed by atoms with Crippen LogP contribution in [0.1, 0.15) is 37.0 Å². The highest BCUT2D eigenvalue weighted by atomic mass is 19.1. The second-order valence-corrected chi connectivity index (χ2v) is 4.11. The van der Waals surface area contributed by atoms with E-state index in [1.165, 1.54) is 12.3 Å². The lowest BCUT2D eigenvalue weighted by Crippen LogP contribution is -2.43. The van der Waals surface area contributed by atoms with E-state index >= 15 is 0 Å². The molecule has 0 radical (unpaired) electrons. The van der Waals surface area contributed by atoms with Crippen LogP contribution in [0, 0.1) is 5.82 Å². The van der Waals surface area contributed by atoms with Crippen LogP contribution in [-0.4, -0.2) is 34.9 Å². The number of rotatable bonds is 6. The van der Waals surface area contributed by atoms with Gasteiger partial charge in [-0.3, -0.25) is 9.78 Å². The van der Waals surface area contributed by atoms with Crippen molar-refractivity contribution in [1.82, 2.24) is 9.88 Å². The van der Waals surface area contributed by atoms with E-state index in [0.29, 0.717) is 13.1 Å². The largest absolute Gasteiger partial charge is 0.334 e.